The number of hydrogen-bond acceptors (Lipinski definition) is 5. The molecule has 1 saturated heterocycles. The van der Waals surface area contributed by atoms with Gasteiger partial charge in [0.1, 0.15) is 5.82 Å². The summed E-state index contributed by atoms with van der Waals surface area (Å²) in [5.41, 5.74) is 2.83. The largest absolute Gasteiger partial charge is 0.376 e. The third kappa shape index (κ3) is 5.59. The summed E-state index contributed by atoms with van der Waals surface area (Å²) in [6.45, 7) is 3.63. The van der Waals surface area contributed by atoms with Crippen LogP contribution in [0.2, 0.25) is 0 Å². The molecular weight excluding hydrogens is 406 g/mol. The molecule has 166 valence electrons. The van der Waals surface area contributed by atoms with Gasteiger partial charge in [-0.2, -0.15) is 0 Å². The zero-order chi connectivity index (χ0) is 22.3. The smallest absolute Gasteiger partial charge is 0.322 e. The summed E-state index contributed by atoms with van der Waals surface area (Å²) >= 11 is 0. The van der Waals surface area contributed by atoms with Crippen LogP contribution in [0.4, 0.5) is 10.5 Å². The number of carbonyl (C=O) groups excluding carboxylic acids is 1. The minimum atomic E-state index is -0.217. The van der Waals surface area contributed by atoms with Gasteiger partial charge in [0.25, 0.3) is 5.56 Å². The van der Waals surface area contributed by atoms with Crippen LogP contribution in [0.5, 0.6) is 0 Å². The topological polar surface area (TPSA) is 100 Å². The Morgan fingerprint density at radius 3 is 2.94 bits per heavy atom. The SMILES string of the molecule is CCc1cc(=O)[nH]c(-c2cccc(NC(=O)N(Cc3cccnc3)CC3CCCO3)c2)n1. The number of H-pyrrole nitrogens is 1. The number of urea groups is 1. The molecule has 1 aromatic carbocycles. The summed E-state index contributed by atoms with van der Waals surface area (Å²) in [4.78, 5) is 38.3. The van der Waals surface area contributed by atoms with Crippen molar-refractivity contribution in [2.24, 2.45) is 0 Å². The minimum Gasteiger partial charge on any atom is -0.376 e. The van der Waals surface area contributed by atoms with Gasteiger partial charge in [-0.15, -0.1) is 0 Å². The van der Waals surface area contributed by atoms with Crippen molar-refractivity contribution in [1.82, 2.24) is 19.9 Å². The second-order valence-electron chi connectivity index (χ2n) is 7.83. The Labute approximate surface area is 186 Å². The molecule has 3 aromatic rings. The summed E-state index contributed by atoms with van der Waals surface area (Å²) in [5, 5.41) is 2.98. The predicted molar refractivity (Wildman–Crippen MR) is 122 cm³/mol. The van der Waals surface area contributed by atoms with Gasteiger partial charge < -0.3 is 19.9 Å². The molecule has 1 aliphatic rings. The first kappa shape index (κ1) is 21.7. The maximum Gasteiger partial charge on any atom is 0.322 e. The van der Waals surface area contributed by atoms with E-state index in [4.69, 9.17) is 4.74 Å². The highest BCUT2D eigenvalue weighted by atomic mass is 16.5. The summed E-state index contributed by atoms with van der Waals surface area (Å²) in [5.74, 6) is 0.483. The molecule has 3 heterocycles. The Morgan fingerprint density at radius 1 is 1.28 bits per heavy atom. The van der Waals surface area contributed by atoms with Crippen molar-refractivity contribution in [1.29, 1.82) is 0 Å². The van der Waals surface area contributed by atoms with Crippen LogP contribution >= 0.6 is 0 Å². The number of benzene rings is 1. The zero-order valence-electron chi connectivity index (χ0n) is 18.1. The van der Waals surface area contributed by atoms with Crippen LogP contribution in [0.3, 0.4) is 0 Å². The highest BCUT2D eigenvalue weighted by Gasteiger charge is 2.23. The second-order valence-corrected chi connectivity index (χ2v) is 7.83. The fourth-order valence-electron chi connectivity index (χ4n) is 3.74. The summed E-state index contributed by atoms with van der Waals surface area (Å²) in [6.07, 6.45) is 6.13. The molecule has 2 N–H and O–H groups in total. The van der Waals surface area contributed by atoms with E-state index in [1.807, 2.05) is 43.3 Å². The number of carbonyl (C=O) groups is 1. The third-order valence-corrected chi connectivity index (χ3v) is 5.38. The summed E-state index contributed by atoms with van der Waals surface area (Å²) in [7, 11) is 0. The van der Waals surface area contributed by atoms with E-state index < -0.39 is 0 Å². The van der Waals surface area contributed by atoms with E-state index in [0.717, 1.165) is 36.3 Å². The number of anilines is 1. The number of pyridine rings is 1. The molecule has 32 heavy (non-hydrogen) atoms. The Hall–Kier alpha value is -3.52. The molecule has 0 bridgehead atoms. The molecule has 8 heteroatoms. The van der Waals surface area contributed by atoms with Gasteiger partial charge in [0.2, 0.25) is 0 Å². The number of aryl methyl sites for hydroxylation is 1. The van der Waals surface area contributed by atoms with Crippen molar-refractivity contribution in [3.05, 3.63) is 76.5 Å². The van der Waals surface area contributed by atoms with Crippen molar-refractivity contribution in [3.63, 3.8) is 0 Å². The number of rotatable bonds is 7. The molecule has 2 aromatic heterocycles. The van der Waals surface area contributed by atoms with Gasteiger partial charge in [0.05, 0.1) is 6.10 Å². The van der Waals surface area contributed by atoms with E-state index in [0.29, 0.717) is 31.0 Å². The number of hydrogen-bond donors (Lipinski definition) is 2. The fraction of sp³-hybridized carbons (Fsp3) is 0.333. The lowest BCUT2D eigenvalue weighted by molar-refractivity contribution is 0.0819. The maximum atomic E-state index is 13.2. The van der Waals surface area contributed by atoms with Crippen LogP contribution in [0.15, 0.2) is 59.7 Å². The number of aromatic amines is 1. The Kier molecular flexibility index (Phi) is 6.91. The van der Waals surface area contributed by atoms with Gasteiger partial charge in [-0.25, -0.2) is 9.78 Å². The molecule has 8 nitrogen and oxygen atoms in total. The maximum absolute atomic E-state index is 13.2. The van der Waals surface area contributed by atoms with Gasteiger partial charge in [0.15, 0.2) is 0 Å². The molecule has 0 aliphatic carbocycles. The predicted octanol–water partition coefficient (Wildman–Crippen LogP) is 3.61. The molecule has 1 fully saturated rings. The van der Waals surface area contributed by atoms with Crippen molar-refractivity contribution in [3.8, 4) is 11.4 Å². The molecule has 2 amide bonds. The van der Waals surface area contributed by atoms with E-state index in [2.05, 4.69) is 20.3 Å². The lowest BCUT2D eigenvalue weighted by atomic mass is 10.1. The molecule has 0 spiro atoms. The number of ether oxygens (including phenoxy) is 1. The number of nitrogens with zero attached hydrogens (tertiary/aromatic N) is 3. The van der Waals surface area contributed by atoms with Crippen LogP contribution in [-0.2, 0) is 17.7 Å². The molecule has 0 saturated carbocycles. The minimum absolute atomic E-state index is 0.0369. The molecular formula is C24H27N5O3. The average molecular weight is 434 g/mol. The van der Waals surface area contributed by atoms with E-state index in [1.54, 1.807) is 17.3 Å². The van der Waals surface area contributed by atoms with Crippen LogP contribution in [0.25, 0.3) is 11.4 Å². The summed E-state index contributed by atoms with van der Waals surface area (Å²) in [6, 6.07) is 12.4. The van der Waals surface area contributed by atoms with Gasteiger partial charge in [-0.05, 0) is 43.0 Å². The van der Waals surface area contributed by atoms with Crippen LogP contribution < -0.4 is 10.9 Å². The molecule has 0 radical (unpaired) electrons. The number of amides is 2. The van der Waals surface area contributed by atoms with E-state index in [9.17, 15) is 9.59 Å². The van der Waals surface area contributed by atoms with Gasteiger partial charge in [-0.1, -0.05) is 25.1 Å². The fourth-order valence-corrected chi connectivity index (χ4v) is 3.74. The normalized spacial score (nSPS) is 15.5. The van der Waals surface area contributed by atoms with Crippen LogP contribution in [-0.4, -0.2) is 45.1 Å². The van der Waals surface area contributed by atoms with Gasteiger partial charge in [0, 0.05) is 55.1 Å². The number of nitrogens with one attached hydrogen (secondary N) is 2. The number of aromatic nitrogens is 3. The Balaban J connectivity index is 1.53. The van der Waals surface area contributed by atoms with Crippen LogP contribution in [0, 0.1) is 0 Å². The second kappa shape index (κ2) is 10.2. The lowest BCUT2D eigenvalue weighted by Gasteiger charge is -2.26. The molecule has 1 aliphatic heterocycles. The monoisotopic (exact) mass is 433 g/mol. The molecule has 1 atom stereocenters. The molecule has 1 unspecified atom stereocenters. The zero-order valence-corrected chi connectivity index (χ0v) is 18.1. The Morgan fingerprint density at radius 2 is 2.19 bits per heavy atom. The Bertz CT molecular complexity index is 1110. The third-order valence-electron chi connectivity index (χ3n) is 5.38. The van der Waals surface area contributed by atoms with Gasteiger partial charge in [-0.3, -0.25) is 9.78 Å². The van der Waals surface area contributed by atoms with E-state index in [-0.39, 0.29) is 17.7 Å². The van der Waals surface area contributed by atoms with Crippen molar-refractivity contribution in [2.75, 3.05) is 18.5 Å². The van der Waals surface area contributed by atoms with Gasteiger partial charge >= 0.3 is 6.03 Å². The lowest BCUT2D eigenvalue weighted by Crippen LogP contribution is -2.39. The van der Waals surface area contributed by atoms with E-state index in [1.165, 1.54) is 6.07 Å². The van der Waals surface area contributed by atoms with E-state index >= 15 is 0 Å². The highest BCUT2D eigenvalue weighted by Crippen LogP contribution is 2.21. The standard InChI is InChI=1S/C24H27N5O3/c1-2-19-13-22(30)28-23(26-19)18-7-3-8-20(12-18)27-24(31)29(16-21-9-5-11-32-21)15-17-6-4-10-25-14-17/h3-4,6-8,10,12-14,21H,2,5,9,11,15-16H2,1H3,(H,27,31)(H,26,28,30). The van der Waals surface area contributed by atoms with Crippen molar-refractivity contribution >= 4 is 11.7 Å². The van der Waals surface area contributed by atoms with Crippen LogP contribution in [0.1, 0.15) is 31.0 Å². The average Bonchev–Trinajstić information content (AvgIpc) is 3.32. The summed E-state index contributed by atoms with van der Waals surface area (Å²) < 4.78 is 5.75. The first-order valence-electron chi connectivity index (χ1n) is 10.9. The first-order chi connectivity index (χ1) is 15.6. The highest BCUT2D eigenvalue weighted by molar-refractivity contribution is 5.90. The van der Waals surface area contributed by atoms with Crippen molar-refractivity contribution in [2.45, 2.75) is 38.8 Å². The van der Waals surface area contributed by atoms with Crippen molar-refractivity contribution < 1.29 is 9.53 Å². The quantitative estimate of drug-likeness (QED) is 0.593. The first-order valence-corrected chi connectivity index (χ1v) is 10.9. The molecule has 4 rings (SSSR count).